The Morgan fingerprint density at radius 3 is 2.35 bits per heavy atom. The topological polar surface area (TPSA) is 96.6 Å². The molecular formula is C15H15N3O5. The summed E-state index contributed by atoms with van der Waals surface area (Å²) in [5, 5.41) is 10.8. The van der Waals surface area contributed by atoms with Gasteiger partial charge in [0.05, 0.1) is 25.2 Å². The number of hydrogen-bond donors (Lipinski definition) is 0. The third kappa shape index (κ3) is 4.16. The van der Waals surface area contributed by atoms with Crippen molar-refractivity contribution < 1.29 is 19.1 Å². The molecule has 0 spiro atoms. The van der Waals surface area contributed by atoms with Crippen LogP contribution in [0, 0.1) is 10.1 Å². The van der Waals surface area contributed by atoms with E-state index in [4.69, 9.17) is 14.2 Å². The Morgan fingerprint density at radius 1 is 1.17 bits per heavy atom. The fourth-order valence-electron chi connectivity index (χ4n) is 1.71. The smallest absolute Gasteiger partial charge is 0.328 e. The molecule has 1 aromatic heterocycles. The van der Waals surface area contributed by atoms with Crippen molar-refractivity contribution in [1.29, 1.82) is 0 Å². The Morgan fingerprint density at radius 2 is 1.78 bits per heavy atom. The van der Waals surface area contributed by atoms with Crippen molar-refractivity contribution in [3.8, 4) is 23.5 Å². The summed E-state index contributed by atoms with van der Waals surface area (Å²) < 4.78 is 15.7. The highest BCUT2D eigenvalue weighted by molar-refractivity contribution is 5.58. The van der Waals surface area contributed by atoms with E-state index in [9.17, 15) is 10.1 Å². The van der Waals surface area contributed by atoms with E-state index < -0.39 is 4.92 Å². The predicted octanol–water partition coefficient (Wildman–Crippen LogP) is 2.92. The normalized spacial score (nSPS) is 11.0. The molecule has 0 radical (unpaired) electrons. The highest BCUT2D eigenvalue weighted by atomic mass is 16.6. The van der Waals surface area contributed by atoms with Crippen molar-refractivity contribution in [2.75, 3.05) is 14.2 Å². The van der Waals surface area contributed by atoms with Gasteiger partial charge in [0.1, 0.15) is 5.75 Å². The molecule has 0 atom stereocenters. The molecule has 0 fully saturated rings. The summed E-state index contributed by atoms with van der Waals surface area (Å²) in [6.07, 6.45) is 1.41. The van der Waals surface area contributed by atoms with Crippen molar-refractivity contribution in [3.63, 3.8) is 0 Å². The molecule has 0 bridgehead atoms. The molecule has 0 amide bonds. The van der Waals surface area contributed by atoms with Gasteiger partial charge in [-0.05, 0) is 6.07 Å². The second-order valence-corrected chi connectivity index (χ2v) is 4.42. The first-order chi connectivity index (χ1) is 11.0. The van der Waals surface area contributed by atoms with E-state index in [0.717, 1.165) is 0 Å². The Bertz CT molecular complexity index is 723. The summed E-state index contributed by atoms with van der Waals surface area (Å²) in [4.78, 5) is 18.4. The molecular weight excluding hydrogens is 302 g/mol. The quantitative estimate of drug-likeness (QED) is 0.597. The van der Waals surface area contributed by atoms with Gasteiger partial charge in [0.25, 0.3) is 0 Å². The lowest BCUT2D eigenvalue weighted by atomic mass is 10.2. The van der Waals surface area contributed by atoms with Gasteiger partial charge in [-0.1, -0.05) is 18.2 Å². The zero-order valence-electron chi connectivity index (χ0n) is 12.8. The molecule has 1 heterocycles. The number of para-hydroxylation sites is 1. The fraction of sp³-hybridized carbons (Fsp3) is 0.200. The highest BCUT2D eigenvalue weighted by Gasteiger charge is 2.11. The minimum absolute atomic E-state index is 0.00908. The first-order valence-corrected chi connectivity index (χ1v) is 6.60. The van der Waals surface area contributed by atoms with Gasteiger partial charge in [-0.2, -0.15) is 9.97 Å². The van der Waals surface area contributed by atoms with Crippen molar-refractivity contribution in [3.05, 3.63) is 51.7 Å². The maximum absolute atomic E-state index is 10.8. The Labute approximate surface area is 132 Å². The van der Waals surface area contributed by atoms with Gasteiger partial charge >= 0.3 is 6.01 Å². The minimum atomic E-state index is -0.470. The number of rotatable bonds is 6. The van der Waals surface area contributed by atoms with Gasteiger partial charge in [-0.15, -0.1) is 0 Å². The van der Waals surface area contributed by atoms with E-state index in [2.05, 4.69) is 9.97 Å². The Kier molecular flexibility index (Phi) is 5.08. The van der Waals surface area contributed by atoms with Gasteiger partial charge < -0.3 is 14.2 Å². The lowest BCUT2D eigenvalue weighted by Crippen LogP contribution is -1.99. The molecule has 0 saturated heterocycles. The van der Waals surface area contributed by atoms with Crippen LogP contribution in [0.1, 0.15) is 12.5 Å². The number of methoxy groups -OCH3 is 2. The third-order valence-electron chi connectivity index (χ3n) is 2.85. The van der Waals surface area contributed by atoms with E-state index in [0.29, 0.717) is 11.3 Å². The zero-order valence-corrected chi connectivity index (χ0v) is 12.8. The van der Waals surface area contributed by atoms with Crippen LogP contribution in [0.25, 0.3) is 6.08 Å². The lowest BCUT2D eigenvalue weighted by molar-refractivity contribution is -0.422. The average Bonchev–Trinajstić information content (AvgIpc) is 2.56. The summed E-state index contributed by atoms with van der Waals surface area (Å²) in [7, 11) is 2.92. The molecule has 2 aromatic rings. The zero-order chi connectivity index (χ0) is 16.8. The number of aromatic nitrogens is 2. The second-order valence-electron chi connectivity index (χ2n) is 4.42. The fourth-order valence-corrected chi connectivity index (χ4v) is 1.71. The van der Waals surface area contributed by atoms with Gasteiger partial charge in [-0.25, -0.2) is 0 Å². The molecule has 0 aliphatic rings. The number of benzene rings is 1. The summed E-state index contributed by atoms with van der Waals surface area (Å²) in [5.41, 5.74) is 0.525. The van der Waals surface area contributed by atoms with Gasteiger partial charge in [0.2, 0.25) is 17.5 Å². The van der Waals surface area contributed by atoms with Crippen LogP contribution >= 0.6 is 0 Å². The number of ether oxygens (including phenoxy) is 3. The largest absolute Gasteiger partial charge is 0.481 e. The van der Waals surface area contributed by atoms with Crippen LogP contribution in [0.2, 0.25) is 0 Å². The Hall–Kier alpha value is -3.16. The lowest BCUT2D eigenvalue weighted by Gasteiger charge is -2.09. The molecule has 1 aromatic carbocycles. The first-order valence-electron chi connectivity index (χ1n) is 6.60. The SMILES string of the molecule is COc1cc(OC)nc(Oc2ccccc2C=C(C)[N+](=O)[O-])n1. The molecule has 0 unspecified atom stereocenters. The summed E-state index contributed by atoms with van der Waals surface area (Å²) in [5.74, 6) is 0.937. The van der Waals surface area contributed by atoms with Crippen LogP contribution in [0.3, 0.4) is 0 Å². The molecule has 0 aliphatic carbocycles. The maximum Gasteiger partial charge on any atom is 0.328 e. The van der Waals surface area contributed by atoms with Crippen LogP contribution in [0.4, 0.5) is 0 Å². The van der Waals surface area contributed by atoms with Gasteiger partial charge in [0, 0.05) is 18.6 Å². The average molecular weight is 317 g/mol. The number of nitro groups is 1. The van der Waals surface area contributed by atoms with Crippen LogP contribution in [0.5, 0.6) is 23.5 Å². The standard InChI is InChI=1S/C15H15N3O5/c1-10(18(19)20)8-11-6-4-5-7-12(11)23-15-16-13(21-2)9-14(17-15)22-3/h4-9H,1-3H3. The Balaban J connectivity index is 2.38. The number of hydrogen-bond acceptors (Lipinski definition) is 7. The van der Waals surface area contributed by atoms with Crippen LogP contribution in [-0.4, -0.2) is 29.1 Å². The molecule has 0 aliphatic heterocycles. The number of allylic oxidation sites excluding steroid dienone is 1. The van der Waals surface area contributed by atoms with Crippen LogP contribution < -0.4 is 14.2 Å². The van der Waals surface area contributed by atoms with Crippen LogP contribution in [0.15, 0.2) is 36.0 Å². The van der Waals surface area contributed by atoms with Crippen LogP contribution in [-0.2, 0) is 0 Å². The molecule has 120 valence electrons. The molecule has 2 rings (SSSR count). The van der Waals surface area contributed by atoms with Gasteiger partial charge in [-0.3, -0.25) is 10.1 Å². The molecule has 0 N–H and O–H groups in total. The highest BCUT2D eigenvalue weighted by Crippen LogP contribution is 2.27. The molecule has 23 heavy (non-hydrogen) atoms. The van der Waals surface area contributed by atoms with Crippen molar-refractivity contribution >= 4 is 6.08 Å². The van der Waals surface area contributed by atoms with E-state index >= 15 is 0 Å². The van der Waals surface area contributed by atoms with Crippen molar-refractivity contribution in [2.45, 2.75) is 6.92 Å². The predicted molar refractivity (Wildman–Crippen MR) is 82.3 cm³/mol. The van der Waals surface area contributed by atoms with Gasteiger partial charge in [0.15, 0.2) is 0 Å². The maximum atomic E-state index is 10.8. The van der Waals surface area contributed by atoms with E-state index in [-0.39, 0.29) is 23.5 Å². The number of nitrogens with zero attached hydrogens (tertiary/aromatic N) is 3. The third-order valence-corrected chi connectivity index (χ3v) is 2.85. The molecule has 8 nitrogen and oxygen atoms in total. The summed E-state index contributed by atoms with van der Waals surface area (Å²) in [6, 6.07) is 8.37. The minimum Gasteiger partial charge on any atom is -0.481 e. The first kappa shape index (κ1) is 16.2. The molecule has 8 heteroatoms. The van der Waals surface area contributed by atoms with Crippen molar-refractivity contribution in [1.82, 2.24) is 9.97 Å². The summed E-state index contributed by atoms with van der Waals surface area (Å²) in [6.45, 7) is 1.40. The van der Waals surface area contributed by atoms with Crippen molar-refractivity contribution in [2.24, 2.45) is 0 Å². The van der Waals surface area contributed by atoms with E-state index in [1.54, 1.807) is 24.3 Å². The second kappa shape index (κ2) is 7.21. The monoisotopic (exact) mass is 317 g/mol. The van der Waals surface area contributed by atoms with E-state index in [1.165, 1.54) is 33.3 Å². The van der Waals surface area contributed by atoms with E-state index in [1.807, 2.05) is 0 Å². The molecule has 0 saturated carbocycles. The summed E-state index contributed by atoms with van der Waals surface area (Å²) >= 11 is 0.